The highest BCUT2D eigenvalue weighted by Gasteiger charge is 2.21. The lowest BCUT2D eigenvalue weighted by atomic mass is 10.0. The Morgan fingerprint density at radius 2 is 1.84 bits per heavy atom. The highest BCUT2D eigenvalue weighted by molar-refractivity contribution is 5.78. The Kier molecular flexibility index (Phi) is 7.32. The molecule has 1 atom stereocenters. The van der Waals surface area contributed by atoms with Crippen LogP contribution in [0.2, 0.25) is 0 Å². The van der Waals surface area contributed by atoms with Gasteiger partial charge in [0.2, 0.25) is 11.9 Å². The molecule has 0 radical (unpaired) electrons. The highest BCUT2D eigenvalue weighted by Crippen LogP contribution is 2.19. The summed E-state index contributed by atoms with van der Waals surface area (Å²) in [6, 6.07) is 11.2. The second-order valence-corrected chi connectivity index (χ2v) is 8.23. The Labute approximate surface area is 182 Å². The lowest BCUT2D eigenvalue weighted by Crippen LogP contribution is -2.41. The summed E-state index contributed by atoms with van der Waals surface area (Å²) in [4.78, 5) is 36.9. The van der Waals surface area contributed by atoms with Gasteiger partial charge in [-0.3, -0.25) is 19.5 Å². The zero-order valence-electron chi connectivity index (χ0n) is 17.9. The van der Waals surface area contributed by atoms with Gasteiger partial charge < -0.3 is 15.0 Å². The first-order chi connectivity index (χ1) is 15.2. The van der Waals surface area contributed by atoms with Gasteiger partial charge >= 0.3 is 0 Å². The zero-order valence-corrected chi connectivity index (χ0v) is 17.9. The summed E-state index contributed by atoms with van der Waals surface area (Å²) in [7, 11) is 0. The van der Waals surface area contributed by atoms with Crippen molar-refractivity contribution in [1.29, 1.82) is 0 Å². The van der Waals surface area contributed by atoms with E-state index in [0.717, 1.165) is 31.5 Å². The number of aromatic nitrogens is 2. The molecule has 1 aromatic heterocycles. The van der Waals surface area contributed by atoms with Crippen molar-refractivity contribution in [2.24, 2.45) is 0 Å². The number of rotatable bonds is 7. The third-order valence-electron chi connectivity index (χ3n) is 5.86. The summed E-state index contributed by atoms with van der Waals surface area (Å²) >= 11 is 0. The zero-order chi connectivity index (χ0) is 21.5. The molecule has 1 unspecified atom stereocenters. The number of benzene rings is 1. The van der Waals surface area contributed by atoms with Gasteiger partial charge in [0.05, 0.1) is 31.5 Å². The number of nitrogens with zero attached hydrogens (tertiary/aromatic N) is 3. The molecule has 2 saturated heterocycles. The van der Waals surface area contributed by atoms with Gasteiger partial charge in [0.15, 0.2) is 0 Å². The molecule has 2 aliphatic rings. The van der Waals surface area contributed by atoms with E-state index in [4.69, 9.17) is 9.72 Å². The largest absolute Gasteiger partial charge is 0.378 e. The van der Waals surface area contributed by atoms with Crippen LogP contribution in [0.3, 0.4) is 0 Å². The molecule has 0 aliphatic carbocycles. The van der Waals surface area contributed by atoms with Crippen LogP contribution in [-0.4, -0.2) is 66.7 Å². The number of amides is 1. The van der Waals surface area contributed by atoms with Crippen LogP contribution in [0.4, 0.5) is 5.95 Å². The number of nitrogens with one attached hydrogen (secondary N) is 2. The third-order valence-corrected chi connectivity index (χ3v) is 5.86. The molecule has 0 spiro atoms. The monoisotopic (exact) mass is 425 g/mol. The number of ether oxygens (including phenoxy) is 1. The normalized spacial score (nSPS) is 18.5. The fraction of sp³-hybridized carbons (Fsp3) is 0.522. The van der Waals surface area contributed by atoms with Crippen molar-refractivity contribution in [2.45, 2.75) is 31.7 Å². The summed E-state index contributed by atoms with van der Waals surface area (Å²) < 4.78 is 5.40. The first kappa shape index (κ1) is 21.5. The molecule has 2 fully saturated rings. The maximum atomic E-state index is 12.8. The number of piperidine rings is 1. The van der Waals surface area contributed by atoms with Crippen molar-refractivity contribution in [2.75, 3.05) is 50.8 Å². The van der Waals surface area contributed by atoms with E-state index in [-0.39, 0.29) is 17.5 Å². The fourth-order valence-electron chi connectivity index (χ4n) is 4.23. The van der Waals surface area contributed by atoms with E-state index >= 15 is 0 Å². The molecule has 8 heteroatoms. The number of hydrogen-bond acceptors (Lipinski definition) is 6. The van der Waals surface area contributed by atoms with Gasteiger partial charge in [-0.25, -0.2) is 4.98 Å². The molecule has 0 bridgehead atoms. The van der Waals surface area contributed by atoms with E-state index in [0.29, 0.717) is 50.9 Å². The van der Waals surface area contributed by atoms with Crippen molar-refractivity contribution < 1.29 is 9.53 Å². The number of carbonyl (C=O) groups is 1. The number of morpholine rings is 1. The molecule has 2 aromatic rings. The van der Waals surface area contributed by atoms with Crippen LogP contribution >= 0.6 is 0 Å². The molecule has 3 heterocycles. The van der Waals surface area contributed by atoms with E-state index in [1.165, 1.54) is 12.5 Å². The van der Waals surface area contributed by atoms with Gasteiger partial charge in [-0.15, -0.1) is 0 Å². The predicted molar refractivity (Wildman–Crippen MR) is 119 cm³/mol. The molecular formula is C23H31N5O3. The van der Waals surface area contributed by atoms with Crippen LogP contribution in [0.1, 0.15) is 36.6 Å². The topological polar surface area (TPSA) is 90.6 Å². The molecule has 4 rings (SSSR count). The van der Waals surface area contributed by atoms with Crippen LogP contribution in [0.15, 0.2) is 41.2 Å². The van der Waals surface area contributed by atoms with Gasteiger partial charge in [0.1, 0.15) is 0 Å². The molecule has 31 heavy (non-hydrogen) atoms. The minimum atomic E-state index is -0.245. The van der Waals surface area contributed by atoms with E-state index in [1.807, 2.05) is 35.2 Å². The number of hydrogen-bond donors (Lipinski definition) is 2. The average molecular weight is 426 g/mol. The maximum Gasteiger partial charge on any atom is 0.252 e. The van der Waals surface area contributed by atoms with Crippen molar-refractivity contribution in [3.8, 4) is 0 Å². The summed E-state index contributed by atoms with van der Waals surface area (Å²) in [5.41, 5.74) is 1.49. The van der Waals surface area contributed by atoms with Gasteiger partial charge in [0, 0.05) is 25.6 Å². The number of aromatic amines is 1. The molecule has 2 N–H and O–H groups in total. The molecular weight excluding hydrogens is 394 g/mol. The lowest BCUT2D eigenvalue weighted by Gasteiger charge is -2.28. The molecule has 2 aliphatic heterocycles. The van der Waals surface area contributed by atoms with Crippen molar-refractivity contribution >= 4 is 11.9 Å². The fourth-order valence-corrected chi connectivity index (χ4v) is 4.23. The van der Waals surface area contributed by atoms with E-state index in [1.54, 1.807) is 0 Å². The predicted octanol–water partition coefficient (Wildman–Crippen LogP) is 1.49. The van der Waals surface area contributed by atoms with E-state index < -0.39 is 0 Å². The van der Waals surface area contributed by atoms with Crippen LogP contribution in [-0.2, 0) is 16.0 Å². The van der Waals surface area contributed by atoms with Gasteiger partial charge in [-0.1, -0.05) is 36.8 Å². The number of H-pyrrole nitrogens is 1. The molecule has 1 aromatic carbocycles. The van der Waals surface area contributed by atoms with Crippen LogP contribution in [0.5, 0.6) is 0 Å². The Balaban J connectivity index is 1.50. The molecule has 0 saturated carbocycles. The average Bonchev–Trinajstić information content (AvgIpc) is 2.80. The van der Waals surface area contributed by atoms with E-state index in [2.05, 4.69) is 15.2 Å². The van der Waals surface area contributed by atoms with Crippen molar-refractivity contribution in [3.63, 3.8) is 0 Å². The SMILES string of the molecule is O=C(CN1CCCCC1)NC(Cc1cc(=O)[nH]c(N2CCOCC2)n1)c1ccccc1. The van der Waals surface area contributed by atoms with Crippen molar-refractivity contribution in [1.82, 2.24) is 20.2 Å². The van der Waals surface area contributed by atoms with Crippen LogP contribution in [0.25, 0.3) is 0 Å². The standard InChI is InChI=1S/C23H31N5O3/c29-21-16-19(24-23(26-21)28-11-13-31-14-12-28)15-20(18-7-3-1-4-8-18)25-22(30)17-27-9-5-2-6-10-27/h1,3-4,7-8,16,20H,2,5-6,9-15,17H2,(H,25,30)(H,24,26,29). The summed E-state index contributed by atoms with van der Waals surface area (Å²) in [6.45, 7) is 4.98. The summed E-state index contributed by atoms with van der Waals surface area (Å²) in [5, 5.41) is 3.18. The number of anilines is 1. The second kappa shape index (κ2) is 10.5. The lowest BCUT2D eigenvalue weighted by molar-refractivity contribution is -0.123. The number of carbonyl (C=O) groups excluding carboxylic acids is 1. The maximum absolute atomic E-state index is 12.8. The Morgan fingerprint density at radius 1 is 1.10 bits per heavy atom. The Morgan fingerprint density at radius 3 is 2.58 bits per heavy atom. The van der Waals surface area contributed by atoms with E-state index in [9.17, 15) is 9.59 Å². The molecule has 1 amide bonds. The highest BCUT2D eigenvalue weighted by atomic mass is 16.5. The van der Waals surface area contributed by atoms with Gasteiger partial charge in [-0.2, -0.15) is 0 Å². The first-order valence-corrected chi connectivity index (χ1v) is 11.2. The smallest absolute Gasteiger partial charge is 0.252 e. The third kappa shape index (κ3) is 6.15. The summed E-state index contributed by atoms with van der Waals surface area (Å²) in [6.07, 6.45) is 3.99. The van der Waals surface area contributed by atoms with Gasteiger partial charge in [-0.05, 0) is 31.5 Å². The minimum Gasteiger partial charge on any atom is -0.378 e. The number of likely N-dealkylation sites (tertiary alicyclic amines) is 1. The minimum absolute atomic E-state index is 0.00833. The van der Waals surface area contributed by atoms with Gasteiger partial charge in [0.25, 0.3) is 5.56 Å². The second-order valence-electron chi connectivity index (χ2n) is 8.23. The Bertz CT molecular complexity index is 905. The molecule has 166 valence electrons. The first-order valence-electron chi connectivity index (χ1n) is 11.2. The van der Waals surface area contributed by atoms with Crippen molar-refractivity contribution in [3.05, 3.63) is 58.0 Å². The quantitative estimate of drug-likeness (QED) is 0.699. The Hall–Kier alpha value is -2.71. The molecule has 8 nitrogen and oxygen atoms in total. The van der Waals surface area contributed by atoms with Crippen LogP contribution in [0, 0.1) is 0 Å². The van der Waals surface area contributed by atoms with Crippen LogP contribution < -0.4 is 15.8 Å². The summed E-state index contributed by atoms with van der Waals surface area (Å²) in [5.74, 6) is 0.575.